The van der Waals surface area contributed by atoms with Crippen molar-refractivity contribution < 1.29 is 134 Å². The molecule has 2 saturated heterocycles. The van der Waals surface area contributed by atoms with E-state index in [9.17, 15) is 68.4 Å². The van der Waals surface area contributed by atoms with E-state index in [2.05, 4.69) is 10.6 Å². The van der Waals surface area contributed by atoms with Gasteiger partial charge in [-0.05, 0) is 147 Å². The van der Waals surface area contributed by atoms with Gasteiger partial charge in [0.05, 0.1) is 71.2 Å². The number of halogens is 1. The quantitative estimate of drug-likeness (QED) is 0.0134. The molecule has 2 aromatic heterocycles. The van der Waals surface area contributed by atoms with Crippen LogP contribution in [-0.4, -0.2) is 203 Å². The van der Waals surface area contributed by atoms with E-state index in [-0.39, 0.29) is 77.0 Å². The Balaban J connectivity index is 0.000000228. The Hall–Kier alpha value is -11.1. The van der Waals surface area contributed by atoms with E-state index in [1.54, 1.807) is 182 Å². The molecule has 6 aliphatic carbocycles. The highest BCUT2D eigenvalue weighted by Gasteiger charge is 2.81. The number of thiophene rings is 2. The summed E-state index contributed by atoms with van der Waals surface area (Å²) in [6.45, 7) is 23.4. The van der Waals surface area contributed by atoms with Gasteiger partial charge in [0.25, 0.3) is 11.8 Å². The second-order valence-electron chi connectivity index (χ2n) is 37.7. The zero-order valence-corrected chi connectivity index (χ0v) is 79.8. The van der Waals surface area contributed by atoms with Gasteiger partial charge in [-0.1, -0.05) is 157 Å². The van der Waals surface area contributed by atoms with E-state index < -0.39 is 233 Å². The maximum absolute atomic E-state index is 16.5. The van der Waals surface area contributed by atoms with Crippen LogP contribution in [0, 0.1) is 39.4 Å². The molecule has 7 aromatic rings. The summed E-state index contributed by atoms with van der Waals surface area (Å²) in [6.07, 6.45) is -17.8. The molecule has 6 fully saturated rings. The van der Waals surface area contributed by atoms with Crippen LogP contribution < -0.4 is 15.8 Å². The van der Waals surface area contributed by atoms with Crippen molar-refractivity contribution in [2.45, 2.75) is 243 Å². The molecule has 4 heterocycles. The minimum absolute atomic E-state index is 0. The first-order valence-corrected chi connectivity index (χ1v) is 49.4. The average Bonchev–Trinajstić information content (AvgIpc) is 0.967. The number of fused-ring (bicyclic) bond motifs is 10. The van der Waals surface area contributed by atoms with Crippen LogP contribution in [0.5, 0.6) is 0 Å². The Kier molecular flexibility index (Phi) is 29.2. The molecule has 6 N–H and O–H groups in total. The lowest BCUT2D eigenvalue weighted by Gasteiger charge is -2.68. The number of esters is 8. The predicted octanol–water partition coefficient (Wildman–Crippen LogP) is 11.9. The van der Waals surface area contributed by atoms with E-state index in [4.69, 9.17) is 51.8 Å². The van der Waals surface area contributed by atoms with E-state index in [1.807, 2.05) is 60.9 Å². The van der Waals surface area contributed by atoms with Gasteiger partial charge in [0.2, 0.25) is 8.32 Å². The van der Waals surface area contributed by atoms with Gasteiger partial charge in [0, 0.05) is 84.1 Å². The van der Waals surface area contributed by atoms with Crippen molar-refractivity contribution in [3.63, 3.8) is 0 Å². The highest BCUT2D eigenvalue weighted by Crippen LogP contribution is 2.68. The normalized spacial score (nSPS) is 30.4. The first-order chi connectivity index (χ1) is 62.9. The van der Waals surface area contributed by atoms with Crippen molar-refractivity contribution in [3.05, 3.63) is 241 Å². The fourth-order valence-corrected chi connectivity index (χ4v) is 25.5. The van der Waals surface area contributed by atoms with Gasteiger partial charge in [0.15, 0.2) is 41.1 Å². The molecule has 5 aromatic carbocycles. The number of benzene rings is 5. The maximum Gasteiger partial charge on any atom is 0.338 e. The molecule has 0 spiro atoms. The lowest BCUT2D eigenvalue weighted by molar-refractivity contribution is -0.346. The largest absolute Gasteiger partial charge is 0.457 e. The molecule has 0 radical (unpaired) electrons. The van der Waals surface area contributed by atoms with Gasteiger partial charge in [-0.2, -0.15) is 0 Å². The van der Waals surface area contributed by atoms with Gasteiger partial charge in [-0.15, -0.1) is 22.7 Å². The molecule has 3 unspecified atom stereocenters. The molecule has 4 bridgehead atoms. The Morgan fingerprint density at radius 1 is 0.500 bits per heavy atom. The number of aliphatic hydroxyl groups excluding tert-OH is 2. The topological polar surface area (TPSA) is 411 Å². The van der Waals surface area contributed by atoms with Gasteiger partial charge < -0.3 is 82.9 Å². The number of ether oxygens (including phenoxy) is 10. The lowest BCUT2D eigenvalue weighted by Crippen LogP contribution is -2.82. The SMILES string of the molecule is CCC(=O)O[C@H]1C(=O)[C@@]2(C)C([C@H](OC(=O)c3ccccc3)[C@]3(O)C[C@H](OC(=O)[C@H](C)[C@@H](NC(=O)c4ccccc4)c4cccs4)C(C)=C1C3(C)C)[C@]1(OC(C)=O)CO[C@@H]1C[C@@H]2O[Si](C)(C)c1ccccc1.CCC(=O)O[C@H]1C(=O)[C@]2(C)C(O)C[C@H]3OC[C@@]3(OC(C)=O)C2[C@H](OC(=O)c2ccccc2)[C@]2(O)C[C@H](OC(=O)[C@H](O)[C@@H](NC(=O)c3ccccc3)c3cccs3)C(C)=C1C2(C)C.F. The van der Waals surface area contributed by atoms with Crippen molar-refractivity contribution in [3.8, 4) is 0 Å². The second kappa shape index (κ2) is 38.9. The van der Waals surface area contributed by atoms with Crippen LogP contribution in [0.4, 0.5) is 4.70 Å². The summed E-state index contributed by atoms with van der Waals surface area (Å²) in [5.74, 6) is -13.2. The van der Waals surface area contributed by atoms with Gasteiger partial charge in [-0.25, -0.2) is 14.4 Å². The molecular weight excluding hydrogens is 1780 g/mol. The molecule has 15 rings (SSSR count). The smallest absolute Gasteiger partial charge is 0.338 e. The van der Waals surface area contributed by atoms with E-state index in [1.165, 1.54) is 62.5 Å². The third kappa shape index (κ3) is 17.9. The van der Waals surface area contributed by atoms with Crippen molar-refractivity contribution in [1.29, 1.82) is 0 Å². The summed E-state index contributed by atoms with van der Waals surface area (Å²) < 4.78 is 70.0. The summed E-state index contributed by atoms with van der Waals surface area (Å²) >= 11 is 2.53. The molecule has 22 atom stereocenters. The second-order valence-corrected chi connectivity index (χ2v) is 43.5. The van der Waals surface area contributed by atoms with E-state index >= 15 is 9.59 Å². The van der Waals surface area contributed by atoms with Crippen LogP contribution >= 0.6 is 22.7 Å². The van der Waals surface area contributed by atoms with Crippen LogP contribution in [0.15, 0.2) is 209 Å². The third-order valence-corrected chi connectivity index (χ3v) is 33.5. The van der Waals surface area contributed by atoms with Crippen LogP contribution in [0.2, 0.25) is 13.1 Å². The fraction of sp³-hybridized carbons (Fsp3) is 0.465. The van der Waals surface area contributed by atoms with Crippen LogP contribution in [0.25, 0.3) is 0 Å². The molecule has 33 heteroatoms. The van der Waals surface area contributed by atoms with Crippen LogP contribution in [-0.2, 0) is 90.2 Å². The number of rotatable bonds is 25. The van der Waals surface area contributed by atoms with Crippen LogP contribution in [0.3, 0.4) is 0 Å². The summed E-state index contributed by atoms with van der Waals surface area (Å²) in [5.41, 5.74) is -13.7. The van der Waals surface area contributed by atoms with Crippen molar-refractivity contribution >= 4 is 107 Å². The Bertz CT molecular complexity index is 5650. The lowest BCUT2D eigenvalue weighted by atomic mass is 9.44. The highest BCUT2D eigenvalue weighted by molar-refractivity contribution is 7.10. The van der Waals surface area contributed by atoms with Crippen molar-refractivity contribution in [1.82, 2.24) is 10.6 Å². The number of hydrogen-bond donors (Lipinski definition) is 6. The minimum Gasteiger partial charge on any atom is -0.457 e. The highest BCUT2D eigenvalue weighted by atomic mass is 32.1. The number of ketones is 2. The summed E-state index contributed by atoms with van der Waals surface area (Å²) in [7, 11) is -2.98. The van der Waals surface area contributed by atoms with Gasteiger partial charge in [-0.3, -0.25) is 47.9 Å². The molecular formula is C101H115FN2O27S2Si. The first kappa shape index (κ1) is 100. The first-order valence-electron chi connectivity index (χ1n) is 44.7. The zero-order chi connectivity index (χ0) is 96.2. The Morgan fingerprint density at radius 2 is 0.873 bits per heavy atom. The molecule has 714 valence electrons. The number of Topliss-reactive ketones (excluding diaryl/α,β-unsaturated/α-hetero) is 2. The molecule has 29 nitrogen and oxygen atoms in total. The van der Waals surface area contributed by atoms with E-state index in [0.717, 1.165) is 12.1 Å². The molecule has 2 amide bonds. The molecule has 8 aliphatic rings. The number of nitrogens with one attached hydrogen (secondary N) is 2. The summed E-state index contributed by atoms with van der Waals surface area (Å²) in [4.78, 5) is 172. The fourth-order valence-electron chi connectivity index (χ4n) is 21.6. The monoisotopic (exact) mass is 1900 g/mol. The van der Waals surface area contributed by atoms with Gasteiger partial charge in [0.1, 0.15) is 53.9 Å². The number of amides is 2. The van der Waals surface area contributed by atoms with Crippen LogP contribution in [0.1, 0.15) is 192 Å². The van der Waals surface area contributed by atoms with Gasteiger partial charge >= 0.3 is 47.8 Å². The predicted molar refractivity (Wildman–Crippen MR) is 488 cm³/mol. The molecule has 134 heavy (non-hydrogen) atoms. The zero-order valence-electron chi connectivity index (χ0n) is 77.2. The maximum atomic E-state index is 16.5. The molecule has 4 saturated carbocycles. The van der Waals surface area contributed by atoms with Crippen molar-refractivity contribution in [2.75, 3.05) is 13.2 Å². The Labute approximate surface area is 784 Å². The molecule has 2 aliphatic heterocycles. The number of carbonyl (C=O) groups excluding carboxylic acids is 12. The minimum atomic E-state index is -2.98. The van der Waals surface area contributed by atoms with Crippen molar-refractivity contribution in [2.24, 2.45) is 39.4 Å². The Morgan fingerprint density at radius 3 is 1.26 bits per heavy atom. The van der Waals surface area contributed by atoms with E-state index in [0.29, 0.717) is 20.9 Å². The standard InChI is InChI=1S/C55H63NO13SSi.C46H51NO14S.FH/c1-10-42(58)66-45-43-32(2)38(65-50(61)33(3)44(39-27-20-28-70-39)56-49(60)35-21-14-11-15-22-35)30-55(63,52(43,5)6)48(67-51(62)36-23-16-12-17-24-36)46-53(7,47(45)59)40(29-41-54(46,31-64-41)68-34(4)57)69-71(8,9)37-25-18-13-19-26-37;1-7-32(50)59-36-33-24(2)28(58-42(55)35(51)34(29-19-14-20-62-29)47-40(53)26-15-10-8-11-16-26)22-46(56,43(33,4)5)39(60-41(54)27-17-12-9-13-18-27)37-44(6,38(36)52)30(49)21-31-45(37,23-57-31)61-25(3)48;/h11-28,33,38,40-41,44-46,48,63H,10,29-31H2,1-9H3,(H,56,60);8-20,28,30-31,34-37,39,49,51,56H,7,21-23H2,1-6H3,(H,47,53);1H/t33-,38+,40+,41-,44-,45-,46?,48+,53-,54+,55-;28-,30?,31+,34-,35+,36+,37?,39-,44+,45-,46+;/m10./s1. The number of aliphatic hydroxyl groups is 4. The summed E-state index contributed by atoms with van der Waals surface area (Å²) in [5, 5.41) is 62.0. The number of carbonyl (C=O) groups is 12. The third-order valence-electron chi connectivity index (χ3n) is 29.0. The average molecular weight is 1900 g/mol. The summed E-state index contributed by atoms with van der Waals surface area (Å²) in [6, 6.07) is 47.3. The number of hydrogen-bond acceptors (Lipinski definition) is 29.